The molecule has 1 aromatic carbocycles. The van der Waals surface area contributed by atoms with E-state index >= 15 is 0 Å². The number of ether oxygens (including phenoxy) is 1. The molecular formula is C23H30N2O2. The van der Waals surface area contributed by atoms with Crippen LogP contribution in [0.4, 0.5) is 0 Å². The second-order valence-electron chi connectivity index (χ2n) is 9.17. The molecule has 2 N–H and O–H groups in total. The van der Waals surface area contributed by atoms with E-state index in [0.717, 1.165) is 44.4 Å². The first kappa shape index (κ1) is 17.3. The first-order chi connectivity index (χ1) is 13.1. The van der Waals surface area contributed by atoms with Gasteiger partial charge in [-0.25, -0.2) is 0 Å². The second kappa shape index (κ2) is 6.10. The lowest BCUT2D eigenvalue weighted by molar-refractivity contribution is -0.131. The van der Waals surface area contributed by atoms with Gasteiger partial charge in [-0.1, -0.05) is 37.6 Å². The van der Waals surface area contributed by atoms with Gasteiger partial charge in [-0.05, 0) is 67.6 Å². The molecule has 27 heavy (non-hydrogen) atoms. The zero-order valence-corrected chi connectivity index (χ0v) is 16.3. The van der Waals surface area contributed by atoms with Crippen molar-refractivity contribution in [2.45, 2.75) is 69.4 Å². The van der Waals surface area contributed by atoms with Gasteiger partial charge in [-0.3, -0.25) is 4.79 Å². The average molecular weight is 367 g/mol. The zero-order chi connectivity index (χ0) is 18.6. The monoisotopic (exact) mass is 366 g/mol. The van der Waals surface area contributed by atoms with Crippen molar-refractivity contribution in [1.82, 2.24) is 10.6 Å². The first-order valence-corrected chi connectivity index (χ1v) is 10.5. The van der Waals surface area contributed by atoms with Crippen LogP contribution in [-0.2, 0) is 27.9 Å². The Labute approximate surface area is 161 Å². The Kier molecular flexibility index (Phi) is 3.91. The standard InChI is InChI=1S/C23H30N2O2/c1-15-24-21(26)23(25-15)20-13-17(6-5-16-3-4-16)7-8-18(20)14-22(23)11-9-19(27-2)10-12-22/h7-8,13,16,19,25H,1,3-6,9-12,14H2,2H3,(H,24,26). The van der Waals surface area contributed by atoms with E-state index in [1.54, 1.807) is 7.11 Å². The number of amides is 1. The van der Waals surface area contributed by atoms with Crippen molar-refractivity contribution in [3.05, 3.63) is 47.3 Å². The predicted molar refractivity (Wildman–Crippen MR) is 105 cm³/mol. The van der Waals surface area contributed by atoms with Gasteiger partial charge in [0.1, 0.15) is 5.54 Å². The molecule has 1 aliphatic heterocycles. The van der Waals surface area contributed by atoms with Gasteiger partial charge in [0.2, 0.25) is 0 Å². The molecule has 3 fully saturated rings. The quantitative estimate of drug-likeness (QED) is 0.857. The number of methoxy groups -OCH3 is 1. The number of benzene rings is 1. The van der Waals surface area contributed by atoms with Crippen LogP contribution < -0.4 is 10.6 Å². The van der Waals surface area contributed by atoms with Crippen molar-refractivity contribution >= 4 is 5.91 Å². The Balaban J connectivity index is 1.54. The molecule has 0 radical (unpaired) electrons. The number of hydrogen-bond acceptors (Lipinski definition) is 3. The highest BCUT2D eigenvalue weighted by Gasteiger charge is 2.65. The summed E-state index contributed by atoms with van der Waals surface area (Å²) in [5.74, 6) is 1.65. The van der Waals surface area contributed by atoms with Crippen LogP contribution in [0.5, 0.6) is 0 Å². The molecule has 1 saturated heterocycles. The Morgan fingerprint density at radius 1 is 1.22 bits per heavy atom. The zero-order valence-electron chi connectivity index (χ0n) is 16.3. The summed E-state index contributed by atoms with van der Waals surface area (Å²) in [6.07, 6.45) is 10.5. The minimum absolute atomic E-state index is 0.0804. The lowest BCUT2D eigenvalue weighted by Gasteiger charge is -2.46. The molecule has 4 heteroatoms. The highest BCUT2D eigenvalue weighted by molar-refractivity contribution is 5.94. The molecule has 0 aromatic heterocycles. The molecule has 1 aromatic rings. The summed E-state index contributed by atoms with van der Waals surface area (Å²) >= 11 is 0. The predicted octanol–water partition coefficient (Wildman–Crippen LogP) is 3.55. The Bertz CT molecular complexity index is 790. The molecule has 1 unspecified atom stereocenters. The number of hydrogen-bond donors (Lipinski definition) is 2. The van der Waals surface area contributed by atoms with E-state index in [0.29, 0.717) is 11.9 Å². The fraction of sp³-hybridized carbons (Fsp3) is 0.609. The minimum atomic E-state index is -0.659. The van der Waals surface area contributed by atoms with Crippen LogP contribution in [0.15, 0.2) is 30.6 Å². The van der Waals surface area contributed by atoms with Crippen LogP contribution >= 0.6 is 0 Å². The molecule has 1 heterocycles. The maximum absolute atomic E-state index is 13.3. The third kappa shape index (κ3) is 2.56. The topological polar surface area (TPSA) is 50.4 Å². The van der Waals surface area contributed by atoms with Crippen LogP contribution in [0, 0.1) is 11.3 Å². The van der Waals surface area contributed by atoms with Gasteiger partial charge >= 0.3 is 0 Å². The fourth-order valence-electron chi connectivity index (χ4n) is 5.88. The normalized spacial score (nSPS) is 34.8. The number of nitrogens with one attached hydrogen (secondary N) is 2. The molecule has 1 atom stereocenters. The molecule has 144 valence electrons. The van der Waals surface area contributed by atoms with Crippen molar-refractivity contribution in [2.75, 3.05) is 7.11 Å². The molecule has 2 saturated carbocycles. The van der Waals surface area contributed by atoms with Crippen molar-refractivity contribution in [2.24, 2.45) is 11.3 Å². The third-order valence-electron chi connectivity index (χ3n) is 7.61. The van der Waals surface area contributed by atoms with Gasteiger partial charge in [0.05, 0.1) is 11.9 Å². The highest BCUT2D eigenvalue weighted by atomic mass is 16.5. The molecule has 5 rings (SSSR count). The molecule has 0 bridgehead atoms. The molecular weight excluding hydrogens is 336 g/mol. The number of carbonyl (C=O) groups excluding carboxylic acids is 1. The number of aryl methyl sites for hydroxylation is 1. The number of rotatable bonds is 4. The summed E-state index contributed by atoms with van der Waals surface area (Å²) in [5, 5.41) is 6.53. The molecule has 2 spiro atoms. The summed E-state index contributed by atoms with van der Waals surface area (Å²) in [7, 11) is 1.80. The highest BCUT2D eigenvalue weighted by Crippen LogP contribution is 2.59. The largest absolute Gasteiger partial charge is 0.381 e. The lowest BCUT2D eigenvalue weighted by atomic mass is 9.61. The summed E-state index contributed by atoms with van der Waals surface area (Å²) in [5.41, 5.74) is 3.16. The maximum Gasteiger partial charge on any atom is 0.256 e. The summed E-state index contributed by atoms with van der Waals surface area (Å²) in [6.45, 7) is 4.03. The van der Waals surface area contributed by atoms with Crippen LogP contribution in [0.3, 0.4) is 0 Å². The number of fused-ring (bicyclic) bond motifs is 3. The van der Waals surface area contributed by atoms with Crippen LogP contribution in [-0.4, -0.2) is 19.1 Å². The van der Waals surface area contributed by atoms with Crippen molar-refractivity contribution in [3.63, 3.8) is 0 Å². The molecule has 1 amide bonds. The Morgan fingerprint density at radius 3 is 2.63 bits per heavy atom. The molecule has 4 aliphatic rings. The lowest BCUT2D eigenvalue weighted by Crippen LogP contribution is -2.56. The van der Waals surface area contributed by atoms with Crippen LogP contribution in [0.25, 0.3) is 0 Å². The minimum Gasteiger partial charge on any atom is -0.381 e. The van der Waals surface area contributed by atoms with Crippen molar-refractivity contribution in [1.29, 1.82) is 0 Å². The maximum atomic E-state index is 13.3. The smallest absolute Gasteiger partial charge is 0.256 e. The van der Waals surface area contributed by atoms with E-state index in [1.807, 2.05) is 0 Å². The van der Waals surface area contributed by atoms with Crippen LogP contribution in [0.1, 0.15) is 61.6 Å². The van der Waals surface area contributed by atoms with Gasteiger partial charge in [-0.15, -0.1) is 0 Å². The Morgan fingerprint density at radius 2 is 2.00 bits per heavy atom. The van der Waals surface area contributed by atoms with Gasteiger partial charge in [-0.2, -0.15) is 0 Å². The summed E-state index contributed by atoms with van der Waals surface area (Å²) < 4.78 is 5.61. The summed E-state index contributed by atoms with van der Waals surface area (Å²) in [6, 6.07) is 6.89. The van der Waals surface area contributed by atoms with Gasteiger partial charge < -0.3 is 15.4 Å². The first-order valence-electron chi connectivity index (χ1n) is 10.5. The van der Waals surface area contributed by atoms with Gasteiger partial charge in [0.15, 0.2) is 0 Å². The second-order valence-corrected chi connectivity index (χ2v) is 9.17. The van der Waals surface area contributed by atoms with E-state index in [2.05, 4.69) is 35.4 Å². The van der Waals surface area contributed by atoms with E-state index in [4.69, 9.17) is 4.74 Å². The van der Waals surface area contributed by atoms with E-state index < -0.39 is 5.54 Å². The van der Waals surface area contributed by atoms with E-state index in [-0.39, 0.29) is 11.3 Å². The third-order valence-corrected chi connectivity index (χ3v) is 7.61. The van der Waals surface area contributed by atoms with E-state index in [1.165, 1.54) is 36.0 Å². The van der Waals surface area contributed by atoms with Gasteiger partial charge in [0, 0.05) is 12.5 Å². The van der Waals surface area contributed by atoms with E-state index in [9.17, 15) is 4.79 Å². The molecule has 4 nitrogen and oxygen atoms in total. The fourth-order valence-corrected chi connectivity index (χ4v) is 5.88. The Hall–Kier alpha value is -1.81. The van der Waals surface area contributed by atoms with Crippen molar-refractivity contribution < 1.29 is 9.53 Å². The molecule has 3 aliphatic carbocycles. The SMILES string of the molecule is C=C1NC(=O)C2(N1)c1cc(CCC3CC3)ccc1CC21CCC(OC)CC1. The van der Waals surface area contributed by atoms with Crippen molar-refractivity contribution in [3.8, 4) is 0 Å². The summed E-state index contributed by atoms with van der Waals surface area (Å²) in [4.78, 5) is 13.3. The van der Waals surface area contributed by atoms with Gasteiger partial charge in [0.25, 0.3) is 5.91 Å². The van der Waals surface area contributed by atoms with Crippen LogP contribution in [0.2, 0.25) is 0 Å². The average Bonchev–Trinajstić information content (AvgIpc) is 3.40. The number of carbonyl (C=O) groups is 1.